The molecule has 0 saturated carbocycles. The molecule has 0 atom stereocenters. The van der Waals surface area contributed by atoms with Gasteiger partial charge in [-0.25, -0.2) is 8.78 Å². The third kappa shape index (κ3) is 6.35. The van der Waals surface area contributed by atoms with Gasteiger partial charge in [-0.15, -0.1) is 0 Å². The number of rotatable bonds is 7. The summed E-state index contributed by atoms with van der Waals surface area (Å²) in [6.45, 7) is 2.05. The quantitative estimate of drug-likeness (QED) is 0.189. The van der Waals surface area contributed by atoms with Crippen LogP contribution in [0.2, 0.25) is 0 Å². The molecule has 3 rings (SSSR count). The summed E-state index contributed by atoms with van der Waals surface area (Å²) in [7, 11) is 0. The zero-order valence-electron chi connectivity index (χ0n) is 17.8. The van der Waals surface area contributed by atoms with Gasteiger partial charge in [0.1, 0.15) is 12.4 Å². The average Bonchev–Trinajstić information content (AvgIpc) is 2.83. The highest BCUT2D eigenvalue weighted by Gasteiger charge is 2.20. The number of benzene rings is 3. The van der Waals surface area contributed by atoms with Gasteiger partial charge in [0.2, 0.25) is 11.6 Å². The zero-order chi connectivity index (χ0) is 24.7. The van der Waals surface area contributed by atoms with Gasteiger partial charge in [0.05, 0.1) is 6.61 Å². The molecule has 3 aromatic carbocycles. The van der Waals surface area contributed by atoms with Crippen LogP contribution in [0.1, 0.15) is 22.8 Å². The van der Waals surface area contributed by atoms with E-state index in [1.165, 1.54) is 24.3 Å². The van der Waals surface area contributed by atoms with Crippen LogP contribution in [0.3, 0.4) is 0 Å². The van der Waals surface area contributed by atoms with Crippen molar-refractivity contribution in [3.63, 3.8) is 0 Å². The van der Waals surface area contributed by atoms with Gasteiger partial charge in [-0.05, 0) is 61.1 Å². The van der Waals surface area contributed by atoms with Crippen molar-refractivity contribution >= 4 is 28.9 Å². The predicted octanol–water partition coefficient (Wildman–Crippen LogP) is 4.85. The molecule has 178 valence electrons. The first-order chi connectivity index (χ1) is 16.3. The second-order valence-electron chi connectivity index (χ2n) is 6.77. The molecule has 34 heavy (non-hydrogen) atoms. The number of nitrogens with one attached hydrogen (secondary N) is 3. The molecule has 0 unspecified atom stereocenters. The number of halogens is 4. The minimum atomic E-state index is -1.63. The highest BCUT2D eigenvalue weighted by Crippen LogP contribution is 2.27. The standard InChI is InChI=1S/C23H19F4N3O3S/c1-2-32-16-9-7-15(8-10-16)28-23(34)30-29-22(31)14-5-3-13(4-6-14)12-33-21-19(26)17(24)11-18(25)20(21)27/h3-11H,2,12H2,1H3,(H,29,31)(H2,28,30,34). The lowest BCUT2D eigenvalue weighted by Gasteiger charge is -2.12. The molecule has 0 fully saturated rings. The van der Waals surface area contributed by atoms with Gasteiger partial charge in [-0.2, -0.15) is 8.78 Å². The molecule has 6 nitrogen and oxygen atoms in total. The van der Waals surface area contributed by atoms with Crippen LogP contribution in [0.25, 0.3) is 0 Å². The smallest absolute Gasteiger partial charge is 0.269 e. The molecule has 11 heteroatoms. The number of anilines is 1. The van der Waals surface area contributed by atoms with E-state index in [1.807, 2.05) is 6.92 Å². The highest BCUT2D eigenvalue weighted by atomic mass is 32.1. The summed E-state index contributed by atoms with van der Waals surface area (Å²) in [4.78, 5) is 12.3. The van der Waals surface area contributed by atoms with Crippen molar-refractivity contribution in [1.29, 1.82) is 0 Å². The lowest BCUT2D eigenvalue weighted by Crippen LogP contribution is -2.43. The molecule has 0 heterocycles. The minimum absolute atomic E-state index is 0.0955. The van der Waals surface area contributed by atoms with Crippen LogP contribution >= 0.6 is 12.2 Å². The molecule has 0 spiro atoms. The van der Waals surface area contributed by atoms with E-state index in [1.54, 1.807) is 24.3 Å². The average molecular weight is 493 g/mol. The van der Waals surface area contributed by atoms with E-state index >= 15 is 0 Å². The van der Waals surface area contributed by atoms with Crippen molar-refractivity contribution < 1.29 is 31.8 Å². The van der Waals surface area contributed by atoms with Gasteiger partial charge in [-0.3, -0.25) is 15.6 Å². The van der Waals surface area contributed by atoms with Crippen molar-refractivity contribution in [2.75, 3.05) is 11.9 Å². The molecule has 0 saturated heterocycles. The van der Waals surface area contributed by atoms with E-state index in [0.717, 1.165) is 0 Å². The van der Waals surface area contributed by atoms with Crippen LogP contribution in [0.15, 0.2) is 54.6 Å². The Morgan fingerprint density at radius 2 is 1.50 bits per heavy atom. The highest BCUT2D eigenvalue weighted by molar-refractivity contribution is 7.80. The van der Waals surface area contributed by atoms with Crippen molar-refractivity contribution in [2.45, 2.75) is 13.5 Å². The molecular weight excluding hydrogens is 474 g/mol. The van der Waals surface area contributed by atoms with Gasteiger partial charge in [0, 0.05) is 17.3 Å². The fourth-order valence-electron chi connectivity index (χ4n) is 2.74. The third-order valence-corrected chi connectivity index (χ3v) is 4.59. The minimum Gasteiger partial charge on any atom is -0.494 e. The Labute approximate surface area is 197 Å². The van der Waals surface area contributed by atoms with Crippen LogP contribution in [-0.2, 0) is 6.61 Å². The predicted molar refractivity (Wildman–Crippen MR) is 121 cm³/mol. The van der Waals surface area contributed by atoms with Gasteiger partial charge in [-0.1, -0.05) is 12.1 Å². The number of hydrogen-bond donors (Lipinski definition) is 3. The number of hydrazine groups is 1. The van der Waals surface area contributed by atoms with Crippen LogP contribution in [0, 0.1) is 23.3 Å². The number of amides is 1. The Morgan fingerprint density at radius 3 is 2.09 bits per heavy atom. The van der Waals surface area contributed by atoms with E-state index in [9.17, 15) is 22.4 Å². The first-order valence-electron chi connectivity index (χ1n) is 9.93. The summed E-state index contributed by atoms with van der Waals surface area (Å²) in [5.74, 6) is -7.34. The molecule has 0 bridgehead atoms. The Balaban J connectivity index is 1.50. The van der Waals surface area contributed by atoms with Crippen LogP contribution in [-0.4, -0.2) is 17.6 Å². The Morgan fingerprint density at radius 1 is 0.882 bits per heavy atom. The van der Waals surface area contributed by atoms with Crippen molar-refractivity contribution in [1.82, 2.24) is 10.9 Å². The Kier molecular flexibility index (Phi) is 8.25. The maximum absolute atomic E-state index is 13.7. The summed E-state index contributed by atoms with van der Waals surface area (Å²) in [6, 6.07) is 12.9. The maximum atomic E-state index is 13.7. The lowest BCUT2D eigenvalue weighted by molar-refractivity contribution is 0.0944. The molecule has 0 radical (unpaired) electrons. The summed E-state index contributed by atoms with van der Waals surface area (Å²) in [6.07, 6.45) is 0. The second kappa shape index (κ2) is 11.3. The van der Waals surface area contributed by atoms with Crippen molar-refractivity contribution in [2.24, 2.45) is 0 Å². The third-order valence-electron chi connectivity index (χ3n) is 4.38. The normalized spacial score (nSPS) is 10.4. The van der Waals surface area contributed by atoms with E-state index in [2.05, 4.69) is 16.2 Å². The first-order valence-corrected chi connectivity index (χ1v) is 10.3. The molecule has 3 aromatic rings. The molecule has 1 amide bonds. The summed E-state index contributed by atoms with van der Waals surface area (Å²) >= 11 is 5.13. The summed E-state index contributed by atoms with van der Waals surface area (Å²) in [5.41, 5.74) is 6.32. The zero-order valence-corrected chi connectivity index (χ0v) is 18.6. The van der Waals surface area contributed by atoms with Crippen LogP contribution in [0.5, 0.6) is 11.5 Å². The molecule has 0 aromatic heterocycles. The number of thiocarbonyl (C=S) groups is 1. The van der Waals surface area contributed by atoms with E-state index in [0.29, 0.717) is 23.6 Å². The largest absolute Gasteiger partial charge is 0.494 e. The maximum Gasteiger partial charge on any atom is 0.269 e. The van der Waals surface area contributed by atoms with Crippen molar-refractivity contribution in [3.8, 4) is 11.5 Å². The van der Waals surface area contributed by atoms with Gasteiger partial charge in [0.25, 0.3) is 5.91 Å². The Bertz CT molecular complexity index is 1150. The summed E-state index contributed by atoms with van der Waals surface area (Å²) < 4.78 is 64.1. The topological polar surface area (TPSA) is 71.6 Å². The van der Waals surface area contributed by atoms with Gasteiger partial charge < -0.3 is 14.8 Å². The SMILES string of the molecule is CCOc1ccc(NC(=S)NNC(=O)c2ccc(COc3c(F)c(F)cc(F)c3F)cc2)cc1. The fourth-order valence-corrected chi connectivity index (χ4v) is 2.90. The molecule has 0 aliphatic rings. The van der Waals surface area contributed by atoms with Crippen molar-refractivity contribution in [3.05, 3.63) is 89.0 Å². The molecule has 3 N–H and O–H groups in total. The fraction of sp³-hybridized carbons (Fsp3) is 0.130. The monoisotopic (exact) mass is 493 g/mol. The molecule has 0 aliphatic heterocycles. The summed E-state index contributed by atoms with van der Waals surface area (Å²) in [5, 5.41) is 3.04. The molecule has 0 aliphatic carbocycles. The van der Waals surface area contributed by atoms with Gasteiger partial charge in [0.15, 0.2) is 22.5 Å². The van der Waals surface area contributed by atoms with E-state index in [4.69, 9.17) is 21.7 Å². The number of carbonyl (C=O) groups is 1. The number of ether oxygens (including phenoxy) is 2. The van der Waals surface area contributed by atoms with E-state index in [-0.39, 0.29) is 23.3 Å². The number of hydrogen-bond acceptors (Lipinski definition) is 4. The lowest BCUT2D eigenvalue weighted by atomic mass is 10.1. The first kappa shape index (κ1) is 24.8. The Hall–Kier alpha value is -3.86. The van der Waals surface area contributed by atoms with Crippen LogP contribution < -0.4 is 25.6 Å². The van der Waals surface area contributed by atoms with Crippen LogP contribution in [0.4, 0.5) is 23.2 Å². The number of carbonyl (C=O) groups excluding carboxylic acids is 1. The van der Waals surface area contributed by atoms with Gasteiger partial charge >= 0.3 is 0 Å². The van der Waals surface area contributed by atoms with E-state index < -0.39 is 34.9 Å². The second-order valence-corrected chi connectivity index (χ2v) is 7.18. The molecular formula is C23H19F4N3O3S.